The predicted molar refractivity (Wildman–Crippen MR) is 115 cm³/mol. The Hall–Kier alpha value is -2.88. The van der Waals surface area contributed by atoms with Gasteiger partial charge in [-0.1, -0.05) is 48.0 Å². The van der Waals surface area contributed by atoms with E-state index in [0.29, 0.717) is 17.0 Å². The molecule has 0 saturated heterocycles. The first-order valence-electron chi connectivity index (χ1n) is 9.69. The lowest BCUT2D eigenvalue weighted by atomic mass is 9.83. The van der Waals surface area contributed by atoms with Crippen molar-refractivity contribution in [1.82, 2.24) is 0 Å². The molecule has 5 rings (SSSR count). The number of aliphatic hydroxyl groups is 1. The summed E-state index contributed by atoms with van der Waals surface area (Å²) in [4.78, 5) is 12.8. The van der Waals surface area contributed by atoms with Crippen LogP contribution < -0.4 is 0 Å². The number of esters is 1. The lowest BCUT2D eigenvalue weighted by Crippen LogP contribution is -2.29. The van der Waals surface area contributed by atoms with Crippen molar-refractivity contribution in [3.05, 3.63) is 94.5 Å². The minimum Gasteiger partial charge on any atom is -0.451 e. The van der Waals surface area contributed by atoms with Gasteiger partial charge in [0.2, 0.25) is 0 Å². The summed E-state index contributed by atoms with van der Waals surface area (Å²) in [6.45, 7) is 0. The molecule has 144 valence electrons. The number of hydrogen-bond acceptors (Lipinski definition) is 3. The maximum absolute atomic E-state index is 12.8. The molecule has 4 aromatic carbocycles. The molecule has 1 aliphatic carbocycles. The van der Waals surface area contributed by atoms with Crippen LogP contribution in [0.1, 0.15) is 34.0 Å². The normalized spacial score (nSPS) is 18.6. The van der Waals surface area contributed by atoms with Gasteiger partial charge in [0.15, 0.2) is 6.10 Å². The van der Waals surface area contributed by atoms with Crippen LogP contribution in [-0.2, 0) is 11.2 Å². The van der Waals surface area contributed by atoms with E-state index in [1.165, 1.54) is 0 Å². The second-order valence-electron chi connectivity index (χ2n) is 7.50. The Morgan fingerprint density at radius 2 is 1.66 bits per heavy atom. The third-order valence-corrected chi connectivity index (χ3v) is 5.93. The summed E-state index contributed by atoms with van der Waals surface area (Å²) in [6, 6.07) is 23.2. The maximum Gasteiger partial charge on any atom is 0.338 e. The van der Waals surface area contributed by atoms with E-state index in [1.54, 1.807) is 24.3 Å². The van der Waals surface area contributed by atoms with Gasteiger partial charge in [-0.15, -0.1) is 0 Å². The molecule has 0 saturated carbocycles. The number of rotatable bonds is 2. The highest BCUT2D eigenvalue weighted by atomic mass is 35.5. The number of halogens is 1. The van der Waals surface area contributed by atoms with E-state index in [-0.39, 0.29) is 0 Å². The van der Waals surface area contributed by atoms with Gasteiger partial charge in [-0.25, -0.2) is 4.79 Å². The van der Waals surface area contributed by atoms with Gasteiger partial charge in [0.25, 0.3) is 0 Å². The molecule has 0 spiro atoms. The molecule has 4 heteroatoms. The Labute approximate surface area is 173 Å². The van der Waals surface area contributed by atoms with Crippen molar-refractivity contribution in [3.63, 3.8) is 0 Å². The summed E-state index contributed by atoms with van der Waals surface area (Å²) in [6.07, 6.45) is -0.124. The number of carbonyl (C=O) groups is 1. The molecular weight excluding hydrogens is 384 g/mol. The molecule has 2 atom stereocenters. The van der Waals surface area contributed by atoms with Crippen LogP contribution in [-0.4, -0.2) is 17.2 Å². The molecule has 0 unspecified atom stereocenters. The van der Waals surface area contributed by atoms with E-state index >= 15 is 0 Å². The molecule has 0 radical (unpaired) electrons. The van der Waals surface area contributed by atoms with Crippen LogP contribution in [0.4, 0.5) is 0 Å². The zero-order valence-corrected chi connectivity index (χ0v) is 16.4. The topological polar surface area (TPSA) is 46.5 Å². The Bertz CT molecular complexity index is 1230. The maximum atomic E-state index is 12.8. The molecule has 0 amide bonds. The van der Waals surface area contributed by atoms with Gasteiger partial charge in [-0.05, 0) is 76.3 Å². The van der Waals surface area contributed by atoms with Gasteiger partial charge in [0.1, 0.15) is 0 Å². The average Bonchev–Trinajstić information content (AvgIpc) is 2.74. The largest absolute Gasteiger partial charge is 0.451 e. The van der Waals surface area contributed by atoms with Crippen LogP contribution >= 0.6 is 11.6 Å². The minimum atomic E-state index is -0.740. The van der Waals surface area contributed by atoms with Crippen molar-refractivity contribution >= 4 is 39.1 Å². The molecule has 0 heterocycles. The summed E-state index contributed by atoms with van der Waals surface area (Å²) >= 11 is 5.92. The summed E-state index contributed by atoms with van der Waals surface area (Å²) < 4.78 is 5.84. The third-order valence-electron chi connectivity index (χ3n) is 5.68. The number of carbonyl (C=O) groups excluding carboxylic acids is 1. The fourth-order valence-corrected chi connectivity index (χ4v) is 4.32. The summed E-state index contributed by atoms with van der Waals surface area (Å²) in [5, 5.41) is 15.7. The highest BCUT2D eigenvalue weighted by molar-refractivity contribution is 6.30. The van der Waals surface area contributed by atoms with E-state index in [2.05, 4.69) is 36.4 Å². The van der Waals surface area contributed by atoms with Crippen LogP contribution in [0.3, 0.4) is 0 Å². The van der Waals surface area contributed by atoms with Crippen molar-refractivity contribution in [2.24, 2.45) is 0 Å². The van der Waals surface area contributed by atoms with Crippen molar-refractivity contribution in [1.29, 1.82) is 0 Å². The molecule has 1 N–H and O–H groups in total. The monoisotopic (exact) mass is 402 g/mol. The number of ether oxygens (including phenoxy) is 1. The first kappa shape index (κ1) is 18.2. The van der Waals surface area contributed by atoms with E-state index in [4.69, 9.17) is 16.3 Å². The van der Waals surface area contributed by atoms with Crippen molar-refractivity contribution in [3.8, 4) is 0 Å². The molecule has 1 aliphatic rings. The van der Waals surface area contributed by atoms with Gasteiger partial charge in [-0.2, -0.15) is 0 Å². The van der Waals surface area contributed by atoms with Crippen molar-refractivity contribution in [2.75, 3.05) is 0 Å². The molecule has 0 aromatic heterocycles. The number of aliphatic hydroxyl groups excluding tert-OH is 1. The quantitative estimate of drug-likeness (QED) is 0.338. The standard InChI is InChI=1S/C25H19ClO3/c26-20-10-7-16(8-11-20)25(28)29-24-22(27)12-9-15-5-6-19-13-17-3-1-2-4-18(17)14-21(19)23(15)24/h1-8,10-11,13-14,22,24,27H,9,12H2/t22-,24-/m1/s1. The third kappa shape index (κ3) is 3.27. The van der Waals surface area contributed by atoms with Crippen LogP contribution in [0, 0.1) is 0 Å². The van der Waals surface area contributed by atoms with Gasteiger partial charge < -0.3 is 9.84 Å². The van der Waals surface area contributed by atoms with Crippen molar-refractivity contribution in [2.45, 2.75) is 25.0 Å². The van der Waals surface area contributed by atoms with E-state index in [1.807, 2.05) is 12.1 Å². The summed E-state index contributed by atoms with van der Waals surface area (Å²) in [5.74, 6) is -0.462. The Balaban J connectivity index is 1.62. The Morgan fingerprint density at radius 1 is 0.931 bits per heavy atom. The van der Waals surface area contributed by atoms with Crippen LogP contribution in [0.25, 0.3) is 21.5 Å². The second kappa shape index (κ2) is 7.18. The van der Waals surface area contributed by atoms with Gasteiger partial charge >= 0.3 is 5.97 Å². The molecule has 0 fully saturated rings. The number of benzene rings is 4. The van der Waals surface area contributed by atoms with Crippen molar-refractivity contribution < 1.29 is 14.6 Å². The Morgan fingerprint density at radius 3 is 2.41 bits per heavy atom. The molecule has 4 aromatic rings. The summed E-state index contributed by atoms with van der Waals surface area (Å²) in [5.41, 5.74) is 2.45. The van der Waals surface area contributed by atoms with Crippen LogP contribution in [0.2, 0.25) is 5.02 Å². The lowest BCUT2D eigenvalue weighted by molar-refractivity contribution is -0.0261. The molecule has 0 bridgehead atoms. The first-order chi connectivity index (χ1) is 14.1. The highest BCUT2D eigenvalue weighted by Gasteiger charge is 2.33. The molecule has 0 aliphatic heterocycles. The fourth-order valence-electron chi connectivity index (χ4n) is 4.19. The van der Waals surface area contributed by atoms with E-state index < -0.39 is 18.2 Å². The number of aryl methyl sites for hydroxylation is 1. The predicted octanol–water partition coefficient (Wildman–Crippen LogP) is 5.85. The molecule has 3 nitrogen and oxygen atoms in total. The smallest absolute Gasteiger partial charge is 0.338 e. The lowest BCUT2D eigenvalue weighted by Gasteiger charge is -2.31. The van der Waals surface area contributed by atoms with E-state index in [0.717, 1.165) is 39.1 Å². The molecule has 29 heavy (non-hydrogen) atoms. The highest BCUT2D eigenvalue weighted by Crippen LogP contribution is 2.39. The SMILES string of the molecule is O=C(O[C@H]1c2c(ccc3cc4ccccc4cc23)CC[C@H]1O)c1ccc(Cl)cc1. The van der Waals surface area contributed by atoms with Crippen LogP contribution in [0.5, 0.6) is 0 Å². The number of hydrogen-bond donors (Lipinski definition) is 1. The zero-order chi connectivity index (χ0) is 20.0. The first-order valence-corrected chi connectivity index (χ1v) is 10.1. The van der Waals surface area contributed by atoms with Crippen LogP contribution in [0.15, 0.2) is 72.8 Å². The fraction of sp³-hybridized carbons (Fsp3) is 0.160. The Kier molecular flexibility index (Phi) is 4.50. The second-order valence-corrected chi connectivity index (χ2v) is 7.93. The molecular formula is C25H19ClO3. The minimum absolute atomic E-state index is 0.416. The van der Waals surface area contributed by atoms with Gasteiger partial charge in [0, 0.05) is 10.6 Å². The van der Waals surface area contributed by atoms with Gasteiger partial charge in [-0.3, -0.25) is 0 Å². The average molecular weight is 403 g/mol. The van der Waals surface area contributed by atoms with Gasteiger partial charge in [0.05, 0.1) is 11.7 Å². The number of fused-ring (bicyclic) bond motifs is 4. The summed E-state index contributed by atoms with van der Waals surface area (Å²) in [7, 11) is 0. The van der Waals surface area contributed by atoms with E-state index in [9.17, 15) is 9.90 Å². The zero-order valence-electron chi connectivity index (χ0n) is 15.6.